The molecular formula is C14H20N2O4. The summed E-state index contributed by atoms with van der Waals surface area (Å²) in [6.45, 7) is 5.32. The molecule has 2 N–H and O–H groups in total. The highest BCUT2D eigenvalue weighted by molar-refractivity contribution is 6.02. The Morgan fingerprint density at radius 1 is 1.25 bits per heavy atom. The first-order valence-corrected chi connectivity index (χ1v) is 6.43. The van der Waals surface area contributed by atoms with Gasteiger partial charge in [0.2, 0.25) is 0 Å². The second kappa shape index (κ2) is 6.36. The molecule has 0 aliphatic carbocycles. The number of aromatic amines is 1. The molecule has 0 aromatic carbocycles. The molecule has 0 unspecified atom stereocenters. The van der Waals surface area contributed by atoms with Gasteiger partial charge in [0.25, 0.3) is 5.91 Å². The van der Waals surface area contributed by atoms with Crippen LogP contribution < -0.4 is 0 Å². The van der Waals surface area contributed by atoms with Gasteiger partial charge in [-0.25, -0.2) is 0 Å². The number of Topliss-reactive ketones (excluding diaryl/α,β-unsaturated/α-hetero) is 1. The minimum Gasteiger partial charge on any atom is -0.481 e. The molecule has 0 fully saturated rings. The monoisotopic (exact) mass is 280 g/mol. The van der Waals surface area contributed by atoms with Crippen LogP contribution in [-0.2, 0) is 4.79 Å². The van der Waals surface area contributed by atoms with Crippen molar-refractivity contribution in [2.75, 3.05) is 13.6 Å². The normalized spacial score (nSPS) is 10.4. The maximum atomic E-state index is 12.3. The van der Waals surface area contributed by atoms with Gasteiger partial charge in [0, 0.05) is 31.3 Å². The smallest absolute Gasteiger partial charge is 0.303 e. The van der Waals surface area contributed by atoms with Gasteiger partial charge in [0.1, 0.15) is 5.69 Å². The van der Waals surface area contributed by atoms with Crippen molar-refractivity contribution in [1.29, 1.82) is 0 Å². The number of amides is 1. The first kappa shape index (κ1) is 15.9. The third kappa shape index (κ3) is 3.46. The summed E-state index contributed by atoms with van der Waals surface area (Å²) in [7, 11) is 1.62. The van der Waals surface area contributed by atoms with E-state index in [1.54, 1.807) is 20.9 Å². The van der Waals surface area contributed by atoms with Crippen molar-refractivity contribution >= 4 is 17.7 Å². The van der Waals surface area contributed by atoms with Crippen LogP contribution in [0.15, 0.2) is 0 Å². The Hall–Kier alpha value is -2.11. The second-order valence-corrected chi connectivity index (χ2v) is 4.91. The molecule has 1 rings (SSSR count). The number of carbonyl (C=O) groups excluding carboxylic acids is 2. The Morgan fingerprint density at radius 2 is 1.85 bits per heavy atom. The molecule has 1 amide bonds. The van der Waals surface area contributed by atoms with Gasteiger partial charge in [-0.1, -0.05) is 0 Å². The van der Waals surface area contributed by atoms with E-state index in [-0.39, 0.29) is 18.1 Å². The van der Waals surface area contributed by atoms with Crippen molar-refractivity contribution in [1.82, 2.24) is 9.88 Å². The molecule has 0 atom stereocenters. The molecule has 0 aliphatic rings. The van der Waals surface area contributed by atoms with E-state index in [4.69, 9.17) is 5.11 Å². The Kier molecular flexibility index (Phi) is 5.07. The highest BCUT2D eigenvalue weighted by atomic mass is 16.4. The lowest BCUT2D eigenvalue weighted by Gasteiger charge is -2.16. The van der Waals surface area contributed by atoms with E-state index in [0.29, 0.717) is 35.5 Å². The van der Waals surface area contributed by atoms with Crippen molar-refractivity contribution in [3.8, 4) is 0 Å². The Labute approximate surface area is 117 Å². The first-order chi connectivity index (χ1) is 9.25. The molecule has 0 spiro atoms. The molecule has 0 aliphatic heterocycles. The van der Waals surface area contributed by atoms with Crippen molar-refractivity contribution in [3.63, 3.8) is 0 Å². The third-order valence-electron chi connectivity index (χ3n) is 3.23. The summed E-state index contributed by atoms with van der Waals surface area (Å²) in [5.41, 5.74) is 2.26. The Balaban J connectivity index is 2.84. The molecule has 20 heavy (non-hydrogen) atoms. The minimum absolute atomic E-state index is 0.0268. The predicted molar refractivity (Wildman–Crippen MR) is 74.1 cm³/mol. The van der Waals surface area contributed by atoms with Crippen molar-refractivity contribution in [3.05, 3.63) is 22.5 Å². The SMILES string of the molecule is CC(=O)c1c(C)[nH]c(C(=O)N(C)CCCC(=O)O)c1C. The molecule has 0 radical (unpaired) electrons. The molecule has 1 aromatic rings. The topological polar surface area (TPSA) is 90.5 Å². The van der Waals surface area contributed by atoms with E-state index in [1.165, 1.54) is 11.8 Å². The number of aryl methyl sites for hydroxylation is 1. The van der Waals surface area contributed by atoms with Crippen LogP contribution in [0.3, 0.4) is 0 Å². The zero-order valence-corrected chi connectivity index (χ0v) is 12.2. The first-order valence-electron chi connectivity index (χ1n) is 6.43. The van der Waals surface area contributed by atoms with Gasteiger partial charge in [-0.3, -0.25) is 14.4 Å². The van der Waals surface area contributed by atoms with Crippen LogP contribution in [0.2, 0.25) is 0 Å². The number of ketones is 1. The molecule has 1 heterocycles. The van der Waals surface area contributed by atoms with Gasteiger partial charge in [0.15, 0.2) is 5.78 Å². The summed E-state index contributed by atoms with van der Waals surface area (Å²) in [5, 5.41) is 8.58. The van der Waals surface area contributed by atoms with Gasteiger partial charge >= 0.3 is 5.97 Å². The summed E-state index contributed by atoms with van der Waals surface area (Å²) >= 11 is 0. The van der Waals surface area contributed by atoms with Gasteiger partial charge in [0.05, 0.1) is 0 Å². The van der Waals surface area contributed by atoms with E-state index in [1.807, 2.05) is 0 Å². The average molecular weight is 280 g/mol. The fraction of sp³-hybridized carbons (Fsp3) is 0.500. The molecule has 110 valence electrons. The van der Waals surface area contributed by atoms with Crippen LogP contribution in [0.1, 0.15) is 51.9 Å². The van der Waals surface area contributed by atoms with Crippen molar-refractivity contribution in [2.24, 2.45) is 0 Å². The number of rotatable bonds is 6. The number of aromatic nitrogens is 1. The fourth-order valence-electron chi connectivity index (χ4n) is 2.25. The predicted octanol–water partition coefficient (Wildman–Crippen LogP) is 1.77. The average Bonchev–Trinajstić information content (AvgIpc) is 2.63. The van der Waals surface area contributed by atoms with Crippen LogP contribution in [0, 0.1) is 13.8 Å². The molecule has 6 nitrogen and oxygen atoms in total. The van der Waals surface area contributed by atoms with Gasteiger partial charge in [-0.15, -0.1) is 0 Å². The van der Waals surface area contributed by atoms with E-state index in [2.05, 4.69) is 4.98 Å². The molecule has 6 heteroatoms. The zero-order chi connectivity index (χ0) is 15.4. The summed E-state index contributed by atoms with van der Waals surface area (Å²) in [5.74, 6) is -1.19. The number of carboxylic acids is 1. The summed E-state index contributed by atoms with van der Waals surface area (Å²) in [6, 6.07) is 0. The number of hydrogen-bond acceptors (Lipinski definition) is 3. The van der Waals surface area contributed by atoms with Crippen LogP contribution in [0.5, 0.6) is 0 Å². The lowest BCUT2D eigenvalue weighted by molar-refractivity contribution is -0.137. The highest BCUT2D eigenvalue weighted by Crippen LogP contribution is 2.19. The number of carboxylic acid groups (broad SMARTS) is 1. The maximum Gasteiger partial charge on any atom is 0.303 e. The lowest BCUT2D eigenvalue weighted by atomic mass is 10.1. The van der Waals surface area contributed by atoms with Crippen LogP contribution in [0.25, 0.3) is 0 Å². The van der Waals surface area contributed by atoms with E-state index < -0.39 is 5.97 Å². The van der Waals surface area contributed by atoms with Crippen LogP contribution in [0.4, 0.5) is 0 Å². The number of carbonyl (C=O) groups is 3. The molecule has 1 aromatic heterocycles. The van der Waals surface area contributed by atoms with Gasteiger partial charge < -0.3 is 15.0 Å². The summed E-state index contributed by atoms with van der Waals surface area (Å²) in [4.78, 5) is 38.7. The Bertz CT molecular complexity index is 546. The maximum absolute atomic E-state index is 12.3. The third-order valence-corrected chi connectivity index (χ3v) is 3.23. The fourth-order valence-corrected chi connectivity index (χ4v) is 2.25. The molecule has 0 saturated heterocycles. The number of aliphatic carboxylic acids is 1. The summed E-state index contributed by atoms with van der Waals surface area (Å²) in [6.07, 6.45) is 0.426. The quantitative estimate of drug-likeness (QED) is 0.777. The van der Waals surface area contributed by atoms with Crippen molar-refractivity contribution in [2.45, 2.75) is 33.6 Å². The number of hydrogen-bond donors (Lipinski definition) is 2. The minimum atomic E-state index is -0.878. The standard InChI is InChI=1S/C14H20N2O4/c1-8-12(10(3)17)9(2)15-13(8)14(20)16(4)7-5-6-11(18)19/h15H,5-7H2,1-4H3,(H,18,19). The number of nitrogens with one attached hydrogen (secondary N) is 1. The van der Waals surface area contributed by atoms with Crippen molar-refractivity contribution < 1.29 is 19.5 Å². The second-order valence-electron chi connectivity index (χ2n) is 4.91. The van der Waals surface area contributed by atoms with Crippen LogP contribution in [-0.4, -0.2) is 46.2 Å². The van der Waals surface area contributed by atoms with E-state index in [9.17, 15) is 14.4 Å². The number of nitrogens with zero attached hydrogens (tertiary/aromatic N) is 1. The summed E-state index contributed by atoms with van der Waals surface area (Å²) < 4.78 is 0. The Morgan fingerprint density at radius 3 is 2.30 bits per heavy atom. The van der Waals surface area contributed by atoms with Crippen LogP contribution >= 0.6 is 0 Å². The van der Waals surface area contributed by atoms with E-state index in [0.717, 1.165) is 0 Å². The highest BCUT2D eigenvalue weighted by Gasteiger charge is 2.21. The zero-order valence-electron chi connectivity index (χ0n) is 12.2. The van der Waals surface area contributed by atoms with Gasteiger partial charge in [-0.05, 0) is 32.8 Å². The largest absolute Gasteiger partial charge is 0.481 e. The molecule has 0 bridgehead atoms. The van der Waals surface area contributed by atoms with Gasteiger partial charge in [-0.2, -0.15) is 0 Å². The molecular weight excluding hydrogens is 260 g/mol. The van der Waals surface area contributed by atoms with E-state index >= 15 is 0 Å². The lowest BCUT2D eigenvalue weighted by Crippen LogP contribution is -2.29. The number of H-pyrrole nitrogens is 1. The molecule has 0 saturated carbocycles.